The van der Waals surface area contributed by atoms with Crippen LogP contribution < -0.4 is 19.7 Å². The largest absolute Gasteiger partial charge is 0.493 e. The highest BCUT2D eigenvalue weighted by molar-refractivity contribution is 6.31. The van der Waals surface area contributed by atoms with Gasteiger partial charge in [-0.1, -0.05) is 35.4 Å². The number of ether oxygens (including phenoxy) is 2. The van der Waals surface area contributed by atoms with Crippen LogP contribution in [0, 0.1) is 18.3 Å². The summed E-state index contributed by atoms with van der Waals surface area (Å²) in [7, 11) is 6.84. The van der Waals surface area contributed by atoms with Gasteiger partial charge in [0.1, 0.15) is 22.5 Å². The highest BCUT2D eigenvalue weighted by atomic mass is 35.5. The molecular weight excluding hydrogens is 466 g/mol. The Balaban J connectivity index is 1.79. The second kappa shape index (κ2) is 11.4. The second-order valence-electron chi connectivity index (χ2n) is 8.02. The minimum Gasteiger partial charge on any atom is -0.493 e. The summed E-state index contributed by atoms with van der Waals surface area (Å²) in [5.74, 6) is 1.33. The van der Waals surface area contributed by atoms with E-state index in [0.29, 0.717) is 41.3 Å². The number of halogens is 1. The average Bonchev–Trinajstić information content (AvgIpc) is 3.18. The lowest BCUT2D eigenvalue weighted by atomic mass is 10.1. The fourth-order valence-electron chi connectivity index (χ4n) is 3.46. The number of hydrogen-bond donors (Lipinski definition) is 1. The minimum absolute atomic E-state index is 0.0851. The molecule has 0 saturated carbocycles. The second-order valence-corrected chi connectivity index (χ2v) is 8.38. The highest BCUT2D eigenvalue weighted by Gasteiger charge is 2.19. The molecule has 3 rings (SSSR count). The number of carbonyl (C=O) groups excluding carboxylic acids is 1. The van der Waals surface area contributed by atoms with Crippen molar-refractivity contribution in [3.8, 4) is 23.3 Å². The molecule has 0 spiro atoms. The van der Waals surface area contributed by atoms with E-state index in [-0.39, 0.29) is 5.57 Å². The van der Waals surface area contributed by atoms with Crippen LogP contribution in [0.15, 0.2) is 48.0 Å². The monoisotopic (exact) mass is 493 g/mol. The van der Waals surface area contributed by atoms with E-state index in [1.165, 1.54) is 6.08 Å². The Morgan fingerprint density at radius 2 is 1.86 bits per heavy atom. The third-order valence-electron chi connectivity index (χ3n) is 5.31. The number of benzene rings is 2. The Kier molecular flexibility index (Phi) is 8.39. The number of anilines is 1. The van der Waals surface area contributed by atoms with E-state index in [1.807, 2.05) is 74.5 Å². The SMILES string of the molecule is COc1ccc(CCNC(=O)/C(C#N)=C/c2nc(N(C)C)n(-c3ccc(C)cc3)c2Cl)cc1OC. The first-order valence-corrected chi connectivity index (χ1v) is 11.3. The summed E-state index contributed by atoms with van der Waals surface area (Å²) in [6, 6.07) is 15.4. The standard InChI is InChI=1S/C26H28ClN5O3/c1-17-6-9-20(10-7-17)32-24(27)21(30-26(32)31(2)3)15-19(16-28)25(33)29-13-12-18-8-11-22(34-4)23(14-18)35-5/h6-11,14-15H,12-13H2,1-5H3,(H,29,33)/b19-15+. The van der Waals surface area contributed by atoms with Crippen molar-refractivity contribution < 1.29 is 14.3 Å². The van der Waals surface area contributed by atoms with Crippen LogP contribution in [0.25, 0.3) is 11.8 Å². The van der Waals surface area contributed by atoms with Crippen LogP contribution >= 0.6 is 11.6 Å². The molecule has 3 aromatic rings. The van der Waals surface area contributed by atoms with Crippen molar-refractivity contribution in [1.29, 1.82) is 5.26 Å². The molecular formula is C26H28ClN5O3. The first kappa shape index (κ1) is 25.7. The predicted octanol–water partition coefficient (Wildman–Crippen LogP) is 4.18. The lowest BCUT2D eigenvalue weighted by Gasteiger charge is -2.15. The summed E-state index contributed by atoms with van der Waals surface area (Å²) >= 11 is 6.66. The molecule has 9 heteroatoms. The predicted molar refractivity (Wildman–Crippen MR) is 137 cm³/mol. The van der Waals surface area contributed by atoms with Crippen LogP contribution in [-0.4, -0.2) is 50.3 Å². The minimum atomic E-state index is -0.500. The molecule has 2 aromatic carbocycles. The van der Waals surface area contributed by atoms with Crippen molar-refractivity contribution in [3.63, 3.8) is 0 Å². The summed E-state index contributed by atoms with van der Waals surface area (Å²) in [6.45, 7) is 2.34. The summed E-state index contributed by atoms with van der Waals surface area (Å²) in [5.41, 5.74) is 3.16. The number of nitrogens with zero attached hydrogens (tertiary/aromatic N) is 4. The number of methoxy groups -OCH3 is 2. The molecule has 1 amide bonds. The average molecular weight is 494 g/mol. The molecule has 0 aliphatic carbocycles. The van der Waals surface area contributed by atoms with E-state index in [4.69, 9.17) is 21.1 Å². The van der Waals surface area contributed by atoms with Crippen LogP contribution in [0.4, 0.5) is 5.95 Å². The molecule has 0 fully saturated rings. The molecule has 0 aliphatic heterocycles. The molecule has 0 saturated heterocycles. The van der Waals surface area contributed by atoms with Gasteiger partial charge in [-0.3, -0.25) is 9.36 Å². The first-order valence-electron chi connectivity index (χ1n) is 10.9. The number of carbonyl (C=O) groups is 1. The van der Waals surface area contributed by atoms with Gasteiger partial charge in [0.05, 0.1) is 14.2 Å². The Labute approximate surface area is 210 Å². The Hall–Kier alpha value is -3.96. The number of hydrogen-bond acceptors (Lipinski definition) is 6. The van der Waals surface area contributed by atoms with E-state index in [0.717, 1.165) is 16.8 Å². The van der Waals surface area contributed by atoms with E-state index in [9.17, 15) is 10.1 Å². The van der Waals surface area contributed by atoms with Gasteiger partial charge in [0.2, 0.25) is 5.95 Å². The van der Waals surface area contributed by atoms with Crippen LogP contribution in [0.1, 0.15) is 16.8 Å². The zero-order valence-corrected chi connectivity index (χ0v) is 21.2. The van der Waals surface area contributed by atoms with E-state index < -0.39 is 5.91 Å². The van der Waals surface area contributed by atoms with Crippen LogP contribution in [0.5, 0.6) is 11.5 Å². The van der Waals surface area contributed by atoms with Crippen molar-refractivity contribution in [2.24, 2.45) is 0 Å². The Morgan fingerprint density at radius 1 is 1.17 bits per heavy atom. The number of nitriles is 1. The molecule has 182 valence electrons. The zero-order valence-electron chi connectivity index (χ0n) is 20.4. The van der Waals surface area contributed by atoms with E-state index in [1.54, 1.807) is 18.8 Å². The third kappa shape index (κ3) is 5.94. The van der Waals surface area contributed by atoms with Crippen molar-refractivity contribution in [3.05, 3.63) is 70.0 Å². The fraction of sp³-hybridized carbons (Fsp3) is 0.269. The van der Waals surface area contributed by atoms with E-state index >= 15 is 0 Å². The number of aryl methyl sites for hydroxylation is 1. The molecule has 0 bridgehead atoms. The molecule has 8 nitrogen and oxygen atoms in total. The summed E-state index contributed by atoms with van der Waals surface area (Å²) in [4.78, 5) is 19.1. The number of nitrogens with one attached hydrogen (secondary N) is 1. The molecule has 0 atom stereocenters. The zero-order chi connectivity index (χ0) is 25.5. The van der Waals surface area contributed by atoms with Gasteiger partial charge in [-0.05, 0) is 49.2 Å². The maximum Gasteiger partial charge on any atom is 0.262 e. The maximum atomic E-state index is 12.7. The Morgan fingerprint density at radius 3 is 2.46 bits per heavy atom. The third-order valence-corrected chi connectivity index (χ3v) is 5.68. The number of aromatic nitrogens is 2. The van der Waals surface area contributed by atoms with Crippen molar-refractivity contribution >= 4 is 29.5 Å². The van der Waals surface area contributed by atoms with Gasteiger partial charge < -0.3 is 19.7 Å². The molecule has 0 aliphatic rings. The van der Waals surface area contributed by atoms with E-state index in [2.05, 4.69) is 10.3 Å². The molecule has 1 N–H and O–H groups in total. The van der Waals surface area contributed by atoms with Crippen molar-refractivity contribution in [1.82, 2.24) is 14.9 Å². The van der Waals surface area contributed by atoms with Gasteiger partial charge in [0, 0.05) is 26.3 Å². The molecule has 35 heavy (non-hydrogen) atoms. The van der Waals surface area contributed by atoms with Gasteiger partial charge in [0.25, 0.3) is 5.91 Å². The Bertz CT molecular complexity index is 1270. The van der Waals surface area contributed by atoms with Gasteiger partial charge in [0.15, 0.2) is 11.5 Å². The molecule has 1 heterocycles. The fourth-order valence-corrected chi connectivity index (χ4v) is 3.73. The number of amides is 1. The van der Waals surface area contributed by atoms with Crippen LogP contribution in [-0.2, 0) is 11.2 Å². The topological polar surface area (TPSA) is 92.4 Å². The lowest BCUT2D eigenvalue weighted by Crippen LogP contribution is -2.26. The molecule has 0 radical (unpaired) electrons. The van der Waals surface area contributed by atoms with Crippen LogP contribution in [0.3, 0.4) is 0 Å². The van der Waals surface area contributed by atoms with Gasteiger partial charge in [-0.15, -0.1) is 0 Å². The van der Waals surface area contributed by atoms with Crippen molar-refractivity contribution in [2.45, 2.75) is 13.3 Å². The van der Waals surface area contributed by atoms with Crippen molar-refractivity contribution in [2.75, 3.05) is 39.8 Å². The van der Waals surface area contributed by atoms with Gasteiger partial charge >= 0.3 is 0 Å². The smallest absolute Gasteiger partial charge is 0.262 e. The first-order chi connectivity index (χ1) is 16.8. The molecule has 1 aromatic heterocycles. The number of rotatable bonds is 9. The number of imidazole rings is 1. The van der Waals surface area contributed by atoms with Crippen LogP contribution in [0.2, 0.25) is 5.15 Å². The van der Waals surface area contributed by atoms with Gasteiger partial charge in [-0.2, -0.15) is 5.26 Å². The molecule has 0 unspecified atom stereocenters. The normalized spacial score (nSPS) is 11.1. The lowest BCUT2D eigenvalue weighted by molar-refractivity contribution is -0.117. The quantitative estimate of drug-likeness (QED) is 0.355. The summed E-state index contributed by atoms with van der Waals surface area (Å²) in [5, 5.41) is 12.7. The maximum absolute atomic E-state index is 12.7. The highest BCUT2D eigenvalue weighted by Crippen LogP contribution is 2.30. The summed E-state index contributed by atoms with van der Waals surface area (Å²) in [6.07, 6.45) is 1.96. The van der Waals surface area contributed by atoms with Gasteiger partial charge in [-0.25, -0.2) is 4.98 Å². The summed E-state index contributed by atoms with van der Waals surface area (Å²) < 4.78 is 12.3.